The number of hydrogen-bond donors (Lipinski definition) is 2. The summed E-state index contributed by atoms with van der Waals surface area (Å²) < 4.78 is 28.7. The second kappa shape index (κ2) is 10.4. The number of ketones is 1. The van der Waals surface area contributed by atoms with E-state index in [4.69, 9.17) is 0 Å². The summed E-state index contributed by atoms with van der Waals surface area (Å²) in [5, 5.41) is 13.9. The summed E-state index contributed by atoms with van der Waals surface area (Å²) in [5.41, 5.74) is 1.16. The number of nitrogens with one attached hydrogen (secondary N) is 2. The Bertz CT molecular complexity index is 1310. The van der Waals surface area contributed by atoms with Crippen LogP contribution in [0.15, 0.2) is 83.8 Å². The van der Waals surface area contributed by atoms with Gasteiger partial charge in [-0.1, -0.05) is 67.1 Å². The minimum absolute atomic E-state index is 0.417. The lowest BCUT2D eigenvalue weighted by Gasteiger charge is -2.24. The highest BCUT2D eigenvalue weighted by atomic mass is 32.2. The summed E-state index contributed by atoms with van der Waals surface area (Å²) >= 11 is 0. The SMILES string of the molecule is Cc1ccc([C@H](NS(=O)(=O)c2ccccc2[N+](=O)[O-])[C@H](C)C(=O)C(=O)Nc2ccccc2)cc1. The van der Waals surface area contributed by atoms with Crippen molar-refractivity contribution in [3.05, 3.63) is 100 Å². The lowest BCUT2D eigenvalue weighted by Crippen LogP contribution is -2.39. The van der Waals surface area contributed by atoms with Gasteiger partial charge in [0.1, 0.15) is 0 Å². The Balaban J connectivity index is 1.96. The number of carbonyl (C=O) groups excluding carboxylic acids is 2. The molecule has 0 aliphatic rings. The fraction of sp³-hybridized carbons (Fsp3) is 0.167. The molecule has 3 aromatic rings. The number of hydrogen-bond acceptors (Lipinski definition) is 6. The summed E-state index contributed by atoms with van der Waals surface area (Å²) in [5.74, 6) is -2.87. The van der Waals surface area contributed by atoms with Gasteiger partial charge in [-0.15, -0.1) is 0 Å². The average molecular weight is 482 g/mol. The van der Waals surface area contributed by atoms with E-state index < -0.39 is 49.2 Å². The fourth-order valence-corrected chi connectivity index (χ4v) is 4.85. The molecule has 3 aromatic carbocycles. The number of nitro groups is 1. The molecule has 0 heterocycles. The van der Waals surface area contributed by atoms with Crippen molar-refractivity contribution in [2.24, 2.45) is 5.92 Å². The fourth-order valence-electron chi connectivity index (χ4n) is 3.37. The highest BCUT2D eigenvalue weighted by Crippen LogP contribution is 2.29. The van der Waals surface area contributed by atoms with Gasteiger partial charge in [0.2, 0.25) is 15.8 Å². The lowest BCUT2D eigenvalue weighted by atomic mass is 9.91. The van der Waals surface area contributed by atoms with E-state index in [2.05, 4.69) is 10.0 Å². The molecule has 2 N–H and O–H groups in total. The van der Waals surface area contributed by atoms with Crippen LogP contribution in [0.5, 0.6) is 0 Å². The molecule has 0 aromatic heterocycles. The van der Waals surface area contributed by atoms with Gasteiger partial charge in [0.15, 0.2) is 4.90 Å². The number of rotatable bonds is 9. The van der Waals surface area contributed by atoms with Gasteiger partial charge in [0.25, 0.3) is 11.6 Å². The molecule has 1 amide bonds. The number of sulfonamides is 1. The Morgan fingerprint density at radius 3 is 2.12 bits per heavy atom. The van der Waals surface area contributed by atoms with Crippen LogP contribution in [0.25, 0.3) is 0 Å². The Hall–Kier alpha value is -3.89. The molecular formula is C24H23N3O6S. The highest BCUT2D eigenvalue weighted by Gasteiger charge is 2.35. The molecule has 0 radical (unpaired) electrons. The number of aryl methyl sites for hydroxylation is 1. The van der Waals surface area contributed by atoms with Crippen molar-refractivity contribution >= 4 is 33.1 Å². The van der Waals surface area contributed by atoms with Gasteiger partial charge in [-0.05, 0) is 30.7 Å². The molecule has 9 nitrogen and oxygen atoms in total. The quantitative estimate of drug-likeness (QED) is 0.271. The van der Waals surface area contributed by atoms with Gasteiger partial charge in [-0.2, -0.15) is 0 Å². The van der Waals surface area contributed by atoms with E-state index in [-0.39, 0.29) is 0 Å². The zero-order chi connectivity index (χ0) is 24.9. The van der Waals surface area contributed by atoms with Crippen molar-refractivity contribution < 1.29 is 22.9 Å². The number of amides is 1. The number of para-hydroxylation sites is 2. The highest BCUT2D eigenvalue weighted by molar-refractivity contribution is 7.89. The van der Waals surface area contributed by atoms with Gasteiger partial charge in [-0.25, -0.2) is 13.1 Å². The van der Waals surface area contributed by atoms with Crippen LogP contribution in [0.2, 0.25) is 0 Å². The molecular weight excluding hydrogens is 458 g/mol. The molecule has 0 saturated heterocycles. The lowest BCUT2D eigenvalue weighted by molar-refractivity contribution is -0.387. The van der Waals surface area contributed by atoms with E-state index in [0.717, 1.165) is 17.7 Å². The Labute approximate surface area is 197 Å². The van der Waals surface area contributed by atoms with Crippen molar-refractivity contribution in [1.29, 1.82) is 0 Å². The van der Waals surface area contributed by atoms with Crippen molar-refractivity contribution in [1.82, 2.24) is 4.72 Å². The number of nitro benzene ring substituents is 1. The van der Waals surface area contributed by atoms with Crippen molar-refractivity contribution in [3.63, 3.8) is 0 Å². The van der Waals surface area contributed by atoms with Crippen molar-refractivity contribution in [2.75, 3.05) is 5.32 Å². The summed E-state index contributed by atoms with van der Waals surface area (Å²) in [6.45, 7) is 3.28. The van der Waals surface area contributed by atoms with Gasteiger partial charge in [0.05, 0.1) is 11.0 Å². The van der Waals surface area contributed by atoms with Crippen LogP contribution in [0, 0.1) is 23.0 Å². The summed E-state index contributed by atoms with van der Waals surface area (Å²) in [4.78, 5) is 35.6. The predicted molar refractivity (Wildman–Crippen MR) is 127 cm³/mol. The molecule has 34 heavy (non-hydrogen) atoms. The molecule has 2 atom stereocenters. The van der Waals surface area contributed by atoms with Crippen LogP contribution in [0.1, 0.15) is 24.1 Å². The molecule has 10 heteroatoms. The zero-order valence-corrected chi connectivity index (χ0v) is 19.3. The third-order valence-electron chi connectivity index (χ3n) is 5.24. The first kappa shape index (κ1) is 24.7. The molecule has 0 aliphatic carbocycles. The smallest absolute Gasteiger partial charge is 0.292 e. The van der Waals surface area contributed by atoms with Crippen molar-refractivity contribution in [2.45, 2.75) is 24.8 Å². The topological polar surface area (TPSA) is 135 Å². The molecule has 0 saturated carbocycles. The van der Waals surface area contributed by atoms with Gasteiger partial charge < -0.3 is 5.32 Å². The third kappa shape index (κ3) is 5.72. The molecule has 3 rings (SSSR count). The van der Waals surface area contributed by atoms with E-state index in [1.807, 2.05) is 6.92 Å². The van der Waals surface area contributed by atoms with E-state index in [9.17, 15) is 28.1 Å². The van der Waals surface area contributed by atoms with Crippen LogP contribution in [0.4, 0.5) is 11.4 Å². The van der Waals surface area contributed by atoms with E-state index >= 15 is 0 Å². The Morgan fingerprint density at radius 1 is 0.912 bits per heavy atom. The molecule has 0 unspecified atom stereocenters. The normalized spacial score (nSPS) is 13.0. The first-order valence-corrected chi connectivity index (χ1v) is 11.8. The maximum atomic E-state index is 13.2. The second-order valence-electron chi connectivity index (χ2n) is 7.71. The molecule has 0 aliphatic heterocycles. The zero-order valence-electron chi connectivity index (χ0n) is 18.5. The van der Waals surface area contributed by atoms with E-state index in [1.54, 1.807) is 54.6 Å². The Morgan fingerprint density at radius 2 is 1.50 bits per heavy atom. The third-order valence-corrected chi connectivity index (χ3v) is 6.73. The van der Waals surface area contributed by atoms with E-state index in [0.29, 0.717) is 11.3 Å². The monoisotopic (exact) mass is 481 g/mol. The van der Waals surface area contributed by atoms with E-state index in [1.165, 1.54) is 19.1 Å². The summed E-state index contributed by atoms with van der Waals surface area (Å²) in [7, 11) is -4.43. The maximum Gasteiger partial charge on any atom is 0.292 e. The first-order valence-electron chi connectivity index (χ1n) is 10.3. The standard InChI is InChI=1S/C24H23N3O6S/c1-16-12-14-18(15-13-16)22(17(2)23(28)24(29)25-19-8-4-3-5-9-19)26-34(32,33)21-11-7-6-10-20(21)27(30)31/h3-15,17,22,26H,1-2H3,(H,25,29)/t17-,22+/m0/s1. The van der Waals surface area contributed by atoms with Crippen LogP contribution in [-0.4, -0.2) is 25.0 Å². The number of nitrogens with zero attached hydrogens (tertiary/aromatic N) is 1. The molecule has 176 valence electrons. The van der Waals surface area contributed by atoms with Gasteiger partial charge in [-0.3, -0.25) is 19.7 Å². The van der Waals surface area contributed by atoms with Gasteiger partial charge >= 0.3 is 0 Å². The van der Waals surface area contributed by atoms with Crippen molar-refractivity contribution in [3.8, 4) is 0 Å². The van der Waals surface area contributed by atoms with Crippen LogP contribution in [-0.2, 0) is 19.6 Å². The molecule has 0 bridgehead atoms. The summed E-state index contributed by atoms with van der Waals surface area (Å²) in [6.07, 6.45) is 0. The largest absolute Gasteiger partial charge is 0.319 e. The first-order chi connectivity index (χ1) is 16.1. The molecule has 0 fully saturated rings. The molecule has 0 spiro atoms. The predicted octanol–water partition coefficient (Wildman–Crippen LogP) is 3.77. The number of carbonyl (C=O) groups is 2. The minimum Gasteiger partial charge on any atom is -0.319 e. The van der Waals surface area contributed by atoms with Crippen LogP contribution in [0.3, 0.4) is 0 Å². The number of benzene rings is 3. The minimum atomic E-state index is -4.43. The average Bonchev–Trinajstić information content (AvgIpc) is 2.83. The van der Waals surface area contributed by atoms with Gasteiger partial charge in [0, 0.05) is 17.7 Å². The van der Waals surface area contributed by atoms with Crippen LogP contribution < -0.4 is 10.0 Å². The maximum absolute atomic E-state index is 13.2. The second-order valence-corrected chi connectivity index (χ2v) is 9.39. The van der Waals surface area contributed by atoms with Crippen LogP contribution >= 0.6 is 0 Å². The Kier molecular flexibility index (Phi) is 7.54. The number of anilines is 1. The number of Topliss-reactive ketones (excluding diaryl/α,β-unsaturated/α-hetero) is 1. The summed E-state index contributed by atoms with van der Waals surface area (Å²) in [6, 6.07) is 18.9.